The van der Waals surface area contributed by atoms with Crippen molar-refractivity contribution < 1.29 is 9.59 Å². The molecule has 0 radical (unpaired) electrons. The maximum atomic E-state index is 12.5. The van der Waals surface area contributed by atoms with Crippen molar-refractivity contribution in [2.75, 3.05) is 16.8 Å². The van der Waals surface area contributed by atoms with Crippen molar-refractivity contribution in [3.8, 4) is 0 Å². The maximum absolute atomic E-state index is 12.5. The van der Waals surface area contributed by atoms with Crippen molar-refractivity contribution >= 4 is 46.4 Å². The molecule has 1 heterocycles. The Kier molecular flexibility index (Phi) is 6.08. The van der Waals surface area contributed by atoms with Crippen molar-refractivity contribution in [2.24, 2.45) is 5.92 Å². The summed E-state index contributed by atoms with van der Waals surface area (Å²) in [5.74, 6) is -0.153. The Balaban J connectivity index is 1.67. The van der Waals surface area contributed by atoms with Crippen LogP contribution in [0.3, 0.4) is 0 Å². The summed E-state index contributed by atoms with van der Waals surface area (Å²) < 4.78 is 0. The molecule has 0 spiro atoms. The van der Waals surface area contributed by atoms with Gasteiger partial charge < -0.3 is 10.2 Å². The lowest BCUT2D eigenvalue weighted by Crippen LogP contribution is -2.28. The molecule has 1 aliphatic rings. The summed E-state index contributed by atoms with van der Waals surface area (Å²) >= 11 is 11.9. The van der Waals surface area contributed by atoms with Crippen molar-refractivity contribution in [3.63, 3.8) is 0 Å². The molecule has 1 aliphatic heterocycles. The number of hydrogen-bond donors (Lipinski definition) is 1. The number of carbonyl (C=O) groups is 2. The highest BCUT2D eigenvalue weighted by Gasteiger charge is 2.35. The van der Waals surface area contributed by atoms with E-state index in [4.69, 9.17) is 23.2 Å². The Morgan fingerprint density at radius 2 is 1.89 bits per heavy atom. The number of rotatable bonds is 5. The van der Waals surface area contributed by atoms with E-state index in [1.54, 1.807) is 23.1 Å². The summed E-state index contributed by atoms with van der Waals surface area (Å²) in [5.41, 5.74) is 2.65. The SMILES string of the molecule is CC[C@H](C)c1ccc(N2C[C@H](C(=O)Nc3ccc(Cl)c(Cl)c3)CC2=O)cc1. The Morgan fingerprint density at radius 3 is 2.52 bits per heavy atom. The maximum Gasteiger partial charge on any atom is 0.229 e. The van der Waals surface area contributed by atoms with Crippen molar-refractivity contribution in [2.45, 2.75) is 32.6 Å². The van der Waals surface area contributed by atoms with Crippen LogP contribution in [0.25, 0.3) is 0 Å². The van der Waals surface area contributed by atoms with E-state index in [2.05, 4.69) is 31.3 Å². The summed E-state index contributed by atoms with van der Waals surface area (Å²) in [4.78, 5) is 26.7. The number of benzene rings is 2. The molecule has 2 aromatic rings. The number of carbonyl (C=O) groups excluding carboxylic acids is 2. The molecule has 2 amide bonds. The van der Waals surface area contributed by atoms with Crippen molar-refractivity contribution in [1.29, 1.82) is 0 Å². The van der Waals surface area contributed by atoms with Crippen LogP contribution in [-0.4, -0.2) is 18.4 Å². The van der Waals surface area contributed by atoms with Gasteiger partial charge in [-0.05, 0) is 48.2 Å². The summed E-state index contributed by atoms with van der Waals surface area (Å²) in [6, 6.07) is 12.9. The second kappa shape index (κ2) is 8.32. The third-order valence-electron chi connectivity index (χ3n) is 5.07. The summed E-state index contributed by atoms with van der Waals surface area (Å²) in [7, 11) is 0. The number of amides is 2. The fourth-order valence-corrected chi connectivity index (χ4v) is 3.47. The standard InChI is InChI=1S/C21H22Cl2N2O2/c1-3-13(2)14-4-7-17(8-5-14)25-12-15(10-20(25)26)21(27)24-16-6-9-18(22)19(23)11-16/h4-9,11,13,15H,3,10,12H2,1-2H3,(H,24,27)/t13-,15+/m0/s1. The van der Waals surface area contributed by atoms with Gasteiger partial charge in [0, 0.05) is 24.3 Å². The van der Waals surface area contributed by atoms with E-state index >= 15 is 0 Å². The van der Waals surface area contributed by atoms with Crippen LogP contribution in [0.15, 0.2) is 42.5 Å². The van der Waals surface area contributed by atoms with E-state index in [1.165, 1.54) is 5.56 Å². The minimum Gasteiger partial charge on any atom is -0.326 e. The van der Waals surface area contributed by atoms with E-state index in [-0.39, 0.29) is 18.2 Å². The van der Waals surface area contributed by atoms with Crippen LogP contribution in [0.5, 0.6) is 0 Å². The van der Waals surface area contributed by atoms with Crippen LogP contribution in [0, 0.1) is 5.92 Å². The molecular formula is C21H22Cl2N2O2. The molecule has 6 heteroatoms. The molecule has 0 bridgehead atoms. The largest absolute Gasteiger partial charge is 0.326 e. The number of nitrogens with zero attached hydrogens (tertiary/aromatic N) is 1. The van der Waals surface area contributed by atoms with Crippen LogP contribution in [0.1, 0.15) is 38.2 Å². The van der Waals surface area contributed by atoms with Gasteiger partial charge >= 0.3 is 0 Å². The van der Waals surface area contributed by atoms with E-state index in [9.17, 15) is 9.59 Å². The molecule has 0 aliphatic carbocycles. The molecule has 27 heavy (non-hydrogen) atoms. The highest BCUT2D eigenvalue weighted by atomic mass is 35.5. The summed E-state index contributed by atoms with van der Waals surface area (Å²) in [5, 5.41) is 3.62. The quantitative estimate of drug-likeness (QED) is 0.714. The third kappa shape index (κ3) is 4.45. The zero-order valence-corrected chi connectivity index (χ0v) is 16.8. The molecule has 1 fully saturated rings. The summed E-state index contributed by atoms with van der Waals surface area (Å²) in [6.45, 7) is 4.70. The second-order valence-corrected chi connectivity index (χ2v) is 7.74. The van der Waals surface area contributed by atoms with Crippen LogP contribution < -0.4 is 10.2 Å². The highest BCUT2D eigenvalue weighted by Crippen LogP contribution is 2.29. The Labute approximate surface area is 169 Å². The van der Waals surface area contributed by atoms with Gasteiger partial charge in [0.15, 0.2) is 0 Å². The lowest BCUT2D eigenvalue weighted by atomic mass is 9.98. The first-order valence-corrected chi connectivity index (χ1v) is 9.81. The number of hydrogen-bond acceptors (Lipinski definition) is 2. The lowest BCUT2D eigenvalue weighted by Gasteiger charge is -2.18. The molecular weight excluding hydrogens is 383 g/mol. The van der Waals surface area contributed by atoms with Gasteiger partial charge in [-0.25, -0.2) is 0 Å². The topological polar surface area (TPSA) is 49.4 Å². The monoisotopic (exact) mass is 404 g/mol. The Morgan fingerprint density at radius 1 is 1.19 bits per heavy atom. The van der Waals surface area contributed by atoms with Gasteiger partial charge in [-0.3, -0.25) is 9.59 Å². The first-order valence-electron chi connectivity index (χ1n) is 9.05. The molecule has 3 rings (SSSR count). The highest BCUT2D eigenvalue weighted by molar-refractivity contribution is 6.42. The fraction of sp³-hybridized carbons (Fsp3) is 0.333. The second-order valence-electron chi connectivity index (χ2n) is 6.92. The first-order chi connectivity index (χ1) is 12.9. The lowest BCUT2D eigenvalue weighted by molar-refractivity contribution is -0.122. The Hall–Kier alpha value is -2.04. The van der Waals surface area contributed by atoms with E-state index in [0.29, 0.717) is 28.2 Å². The molecule has 0 unspecified atom stereocenters. The van der Waals surface area contributed by atoms with Gasteiger partial charge in [0.05, 0.1) is 16.0 Å². The molecule has 142 valence electrons. The smallest absolute Gasteiger partial charge is 0.229 e. The van der Waals surface area contributed by atoms with Crippen LogP contribution >= 0.6 is 23.2 Å². The number of halogens is 2. The molecule has 2 aromatic carbocycles. The van der Waals surface area contributed by atoms with E-state index in [0.717, 1.165) is 12.1 Å². The van der Waals surface area contributed by atoms with Crippen LogP contribution in [-0.2, 0) is 9.59 Å². The number of nitrogens with one attached hydrogen (secondary N) is 1. The fourth-order valence-electron chi connectivity index (χ4n) is 3.17. The van der Waals surface area contributed by atoms with Gasteiger partial charge in [0.1, 0.15) is 0 Å². The third-order valence-corrected chi connectivity index (χ3v) is 5.81. The Bertz CT molecular complexity index is 852. The van der Waals surface area contributed by atoms with Crippen LogP contribution in [0.2, 0.25) is 10.0 Å². The van der Waals surface area contributed by atoms with Crippen molar-refractivity contribution in [1.82, 2.24) is 0 Å². The van der Waals surface area contributed by atoms with Gasteiger partial charge in [0.2, 0.25) is 11.8 Å². The molecule has 2 atom stereocenters. The average molecular weight is 405 g/mol. The van der Waals surface area contributed by atoms with Crippen molar-refractivity contribution in [3.05, 3.63) is 58.1 Å². The van der Waals surface area contributed by atoms with E-state index < -0.39 is 5.92 Å². The first kappa shape index (κ1) is 19.7. The molecule has 4 nitrogen and oxygen atoms in total. The van der Waals surface area contributed by atoms with E-state index in [1.807, 2.05) is 12.1 Å². The van der Waals surface area contributed by atoms with Crippen LogP contribution in [0.4, 0.5) is 11.4 Å². The predicted molar refractivity (Wildman–Crippen MR) is 111 cm³/mol. The minimum atomic E-state index is -0.402. The predicted octanol–water partition coefficient (Wildman–Crippen LogP) is 5.50. The van der Waals surface area contributed by atoms with Gasteiger partial charge in [0.25, 0.3) is 0 Å². The zero-order valence-electron chi connectivity index (χ0n) is 15.3. The average Bonchev–Trinajstić information content (AvgIpc) is 3.06. The summed E-state index contributed by atoms with van der Waals surface area (Å²) in [6.07, 6.45) is 1.26. The van der Waals surface area contributed by atoms with Gasteiger partial charge in [-0.1, -0.05) is 49.2 Å². The number of anilines is 2. The molecule has 1 N–H and O–H groups in total. The molecule has 1 saturated heterocycles. The minimum absolute atomic E-state index is 0.0411. The zero-order chi connectivity index (χ0) is 19.6. The normalized spacial score (nSPS) is 17.9. The molecule has 0 saturated carbocycles. The van der Waals surface area contributed by atoms with Gasteiger partial charge in [-0.15, -0.1) is 0 Å². The van der Waals surface area contributed by atoms with Gasteiger partial charge in [-0.2, -0.15) is 0 Å². The molecule has 0 aromatic heterocycles.